The van der Waals surface area contributed by atoms with Gasteiger partial charge in [-0.3, -0.25) is 9.59 Å². The number of aryl methyl sites for hydroxylation is 1. The van der Waals surface area contributed by atoms with Crippen molar-refractivity contribution in [2.75, 3.05) is 0 Å². The lowest BCUT2D eigenvalue weighted by atomic mass is 9.91. The maximum absolute atomic E-state index is 12.6. The molecule has 0 saturated carbocycles. The molecule has 24 heavy (non-hydrogen) atoms. The van der Waals surface area contributed by atoms with Crippen LogP contribution in [0.4, 0.5) is 0 Å². The van der Waals surface area contributed by atoms with E-state index in [0.717, 1.165) is 36.1 Å². The number of hydrogen-bond acceptors (Lipinski definition) is 3. The fraction of sp³-hybridized carbons (Fsp3) is 0.333. The van der Waals surface area contributed by atoms with E-state index >= 15 is 0 Å². The fourth-order valence-electron chi connectivity index (χ4n) is 3.48. The van der Waals surface area contributed by atoms with Gasteiger partial charge in [0.25, 0.3) is 5.91 Å². The Balaban J connectivity index is 1.49. The van der Waals surface area contributed by atoms with Gasteiger partial charge in [-0.15, -0.1) is 0 Å². The summed E-state index contributed by atoms with van der Waals surface area (Å²) in [6, 6.07) is 8.62. The average molecular weight is 345 g/mol. The first-order valence-electron chi connectivity index (χ1n) is 8.08. The molecule has 2 heterocycles. The molecule has 124 valence electrons. The number of hydrogen-bond donors (Lipinski definition) is 2. The van der Waals surface area contributed by atoms with E-state index in [-0.39, 0.29) is 17.5 Å². The van der Waals surface area contributed by atoms with Gasteiger partial charge in [-0.2, -0.15) is 0 Å². The van der Waals surface area contributed by atoms with E-state index in [9.17, 15) is 9.59 Å². The average Bonchev–Trinajstić information content (AvgIpc) is 2.98. The third kappa shape index (κ3) is 2.80. The fourth-order valence-corrected chi connectivity index (χ4v) is 3.67. The summed E-state index contributed by atoms with van der Waals surface area (Å²) in [6.07, 6.45) is 2.61. The predicted molar refractivity (Wildman–Crippen MR) is 90.5 cm³/mol. The molecular weight excluding hydrogens is 328 g/mol. The Bertz CT molecular complexity index is 862. The van der Waals surface area contributed by atoms with Crippen LogP contribution in [0.2, 0.25) is 5.02 Å². The molecule has 0 saturated heterocycles. The zero-order chi connectivity index (χ0) is 16.7. The van der Waals surface area contributed by atoms with E-state index in [4.69, 9.17) is 16.3 Å². The number of halogens is 1. The molecule has 1 aromatic heterocycles. The third-order valence-corrected chi connectivity index (χ3v) is 4.87. The summed E-state index contributed by atoms with van der Waals surface area (Å²) in [5.74, 6) is 0.583. The molecule has 2 aromatic rings. The van der Waals surface area contributed by atoms with E-state index in [0.29, 0.717) is 17.2 Å². The predicted octanol–water partition coefficient (Wildman–Crippen LogP) is 2.53. The minimum Gasteiger partial charge on any atom is -0.480 e. The van der Waals surface area contributed by atoms with Crippen LogP contribution in [-0.4, -0.2) is 17.0 Å². The third-order valence-electron chi connectivity index (χ3n) is 4.64. The van der Waals surface area contributed by atoms with E-state index in [1.807, 2.05) is 12.1 Å². The SMILES string of the molecule is O=C(N[C@@H]1CCCc2[nH]c(=O)ccc21)[C@H]1Cc2cc(Cl)ccc2O1. The van der Waals surface area contributed by atoms with Gasteiger partial charge < -0.3 is 15.0 Å². The number of rotatable bonds is 2. The van der Waals surface area contributed by atoms with Gasteiger partial charge in [0.2, 0.25) is 5.56 Å². The van der Waals surface area contributed by atoms with Crippen LogP contribution in [-0.2, 0) is 17.6 Å². The van der Waals surface area contributed by atoms with Gasteiger partial charge in [0, 0.05) is 23.2 Å². The van der Waals surface area contributed by atoms with Crippen molar-refractivity contribution >= 4 is 17.5 Å². The van der Waals surface area contributed by atoms with Crippen LogP contribution in [0, 0.1) is 0 Å². The lowest BCUT2D eigenvalue weighted by Crippen LogP contribution is -2.40. The normalized spacial score (nSPS) is 21.5. The van der Waals surface area contributed by atoms with Gasteiger partial charge in [0.1, 0.15) is 5.75 Å². The first kappa shape index (κ1) is 15.3. The Labute approximate surface area is 144 Å². The molecule has 0 fully saturated rings. The van der Waals surface area contributed by atoms with E-state index in [1.54, 1.807) is 12.1 Å². The van der Waals surface area contributed by atoms with Crippen molar-refractivity contribution in [1.82, 2.24) is 10.3 Å². The summed E-state index contributed by atoms with van der Waals surface area (Å²) in [6.45, 7) is 0. The summed E-state index contributed by atoms with van der Waals surface area (Å²) in [7, 11) is 0. The number of pyridine rings is 1. The summed E-state index contributed by atoms with van der Waals surface area (Å²) >= 11 is 5.99. The number of nitrogens with one attached hydrogen (secondary N) is 2. The maximum Gasteiger partial charge on any atom is 0.261 e. The maximum atomic E-state index is 12.6. The molecule has 1 aromatic carbocycles. The highest BCUT2D eigenvalue weighted by Crippen LogP contribution is 2.32. The number of amides is 1. The summed E-state index contributed by atoms with van der Waals surface area (Å²) < 4.78 is 5.74. The number of benzene rings is 1. The number of fused-ring (bicyclic) bond motifs is 2. The Hall–Kier alpha value is -2.27. The van der Waals surface area contributed by atoms with Crippen LogP contribution in [0.5, 0.6) is 5.75 Å². The van der Waals surface area contributed by atoms with Crippen molar-refractivity contribution in [1.29, 1.82) is 0 Å². The van der Waals surface area contributed by atoms with Crippen LogP contribution in [0.1, 0.15) is 35.7 Å². The smallest absolute Gasteiger partial charge is 0.261 e. The monoisotopic (exact) mass is 344 g/mol. The molecule has 1 amide bonds. The molecule has 2 N–H and O–H groups in total. The van der Waals surface area contributed by atoms with Gasteiger partial charge in [0.15, 0.2) is 6.10 Å². The zero-order valence-electron chi connectivity index (χ0n) is 13.0. The highest BCUT2D eigenvalue weighted by Gasteiger charge is 2.32. The Morgan fingerprint density at radius 3 is 3.04 bits per heavy atom. The molecule has 5 nitrogen and oxygen atoms in total. The molecule has 0 spiro atoms. The largest absolute Gasteiger partial charge is 0.480 e. The second kappa shape index (κ2) is 5.98. The Morgan fingerprint density at radius 2 is 2.17 bits per heavy atom. The van der Waals surface area contributed by atoms with Crippen molar-refractivity contribution in [3.05, 3.63) is 62.5 Å². The summed E-state index contributed by atoms with van der Waals surface area (Å²) in [5.41, 5.74) is 2.76. The quantitative estimate of drug-likeness (QED) is 0.879. The molecule has 0 radical (unpaired) electrons. The molecule has 1 aliphatic carbocycles. The van der Waals surface area contributed by atoms with E-state index in [2.05, 4.69) is 10.3 Å². The first-order valence-corrected chi connectivity index (χ1v) is 8.45. The number of carbonyl (C=O) groups excluding carboxylic acids is 1. The minimum atomic E-state index is -0.536. The van der Waals surface area contributed by atoms with Crippen molar-refractivity contribution in [3.8, 4) is 5.75 Å². The second-order valence-corrected chi connectivity index (χ2v) is 6.71. The van der Waals surface area contributed by atoms with Gasteiger partial charge in [0.05, 0.1) is 6.04 Å². The highest BCUT2D eigenvalue weighted by molar-refractivity contribution is 6.30. The van der Waals surface area contributed by atoms with Crippen molar-refractivity contribution < 1.29 is 9.53 Å². The van der Waals surface area contributed by atoms with Gasteiger partial charge in [-0.05, 0) is 54.7 Å². The van der Waals surface area contributed by atoms with Gasteiger partial charge >= 0.3 is 0 Å². The lowest BCUT2D eigenvalue weighted by Gasteiger charge is -2.26. The van der Waals surface area contributed by atoms with Crippen molar-refractivity contribution in [2.24, 2.45) is 0 Å². The molecule has 2 aliphatic rings. The molecule has 4 rings (SSSR count). The Kier molecular flexibility index (Phi) is 3.81. The van der Waals surface area contributed by atoms with Gasteiger partial charge in [-0.1, -0.05) is 11.6 Å². The number of H-pyrrole nitrogens is 1. The van der Waals surface area contributed by atoms with Crippen LogP contribution in [0.25, 0.3) is 0 Å². The topological polar surface area (TPSA) is 71.2 Å². The van der Waals surface area contributed by atoms with Crippen LogP contribution < -0.4 is 15.6 Å². The van der Waals surface area contributed by atoms with Crippen molar-refractivity contribution in [2.45, 2.75) is 37.8 Å². The lowest BCUT2D eigenvalue weighted by molar-refractivity contribution is -0.128. The van der Waals surface area contributed by atoms with Crippen LogP contribution in [0.3, 0.4) is 0 Å². The summed E-state index contributed by atoms with van der Waals surface area (Å²) in [5, 5.41) is 3.71. The number of ether oxygens (including phenoxy) is 1. The van der Waals surface area contributed by atoms with Crippen LogP contribution >= 0.6 is 11.6 Å². The van der Waals surface area contributed by atoms with Gasteiger partial charge in [-0.25, -0.2) is 0 Å². The molecule has 1 aliphatic heterocycles. The molecule has 0 bridgehead atoms. The Morgan fingerprint density at radius 1 is 1.29 bits per heavy atom. The number of aromatic amines is 1. The molecule has 6 heteroatoms. The van der Waals surface area contributed by atoms with E-state index in [1.165, 1.54) is 6.07 Å². The standard InChI is InChI=1S/C18H17ClN2O3/c19-11-4-6-15-10(8-11)9-16(24-15)18(23)21-14-3-1-2-13-12(14)5-7-17(22)20-13/h4-8,14,16H,1-3,9H2,(H,20,22)(H,21,23)/t14-,16-/m1/s1. The highest BCUT2D eigenvalue weighted by atomic mass is 35.5. The summed E-state index contributed by atoms with van der Waals surface area (Å²) in [4.78, 5) is 26.9. The van der Waals surface area contributed by atoms with Crippen molar-refractivity contribution in [3.63, 3.8) is 0 Å². The second-order valence-electron chi connectivity index (χ2n) is 6.27. The zero-order valence-corrected chi connectivity index (χ0v) is 13.7. The molecular formula is C18H17ClN2O3. The number of aromatic nitrogens is 1. The number of carbonyl (C=O) groups is 1. The van der Waals surface area contributed by atoms with E-state index < -0.39 is 6.10 Å². The first-order chi connectivity index (χ1) is 11.6. The molecule has 2 atom stereocenters. The molecule has 0 unspecified atom stereocenters. The van der Waals surface area contributed by atoms with Crippen LogP contribution in [0.15, 0.2) is 35.1 Å². The minimum absolute atomic E-state index is 0.0889.